The summed E-state index contributed by atoms with van der Waals surface area (Å²) in [5.74, 6) is 0.0414. The normalized spacial score (nSPS) is 12.7. The summed E-state index contributed by atoms with van der Waals surface area (Å²) in [6, 6.07) is 0. The van der Waals surface area contributed by atoms with E-state index >= 15 is 0 Å². The molecule has 1 aromatic rings. The summed E-state index contributed by atoms with van der Waals surface area (Å²) in [6.07, 6.45) is 3.25. The number of rotatable bonds is 2. The molecule has 0 spiro atoms. The summed E-state index contributed by atoms with van der Waals surface area (Å²) in [6.45, 7) is 9.28. The Morgan fingerprint density at radius 1 is 1.41 bits per heavy atom. The van der Waals surface area contributed by atoms with Crippen molar-refractivity contribution in [1.29, 1.82) is 0 Å². The molecule has 0 saturated heterocycles. The van der Waals surface area contributed by atoms with Gasteiger partial charge < -0.3 is 0 Å². The fraction of sp³-hybridized carbons (Fsp3) is 0.462. The first-order chi connectivity index (χ1) is 7.77. The summed E-state index contributed by atoms with van der Waals surface area (Å²) in [5.41, 5.74) is 1.41. The number of hydrogen-bond donors (Lipinski definition) is 0. The zero-order chi connectivity index (χ0) is 13.2. The molecule has 0 aromatic carbocycles. The van der Waals surface area contributed by atoms with Crippen molar-refractivity contribution in [3.8, 4) is 0 Å². The molecule has 0 radical (unpaired) electrons. The second kappa shape index (κ2) is 4.96. The molecule has 0 aliphatic rings. The van der Waals surface area contributed by atoms with E-state index in [-0.39, 0.29) is 5.78 Å². The van der Waals surface area contributed by atoms with Crippen LogP contribution in [0.4, 0.5) is 0 Å². The highest BCUT2D eigenvalue weighted by Gasteiger charge is 2.27. The van der Waals surface area contributed by atoms with E-state index in [0.29, 0.717) is 22.1 Å². The summed E-state index contributed by atoms with van der Waals surface area (Å²) in [5, 5.41) is 0.298. The number of ketones is 1. The molecule has 0 aliphatic heterocycles. The van der Waals surface area contributed by atoms with E-state index in [0.717, 1.165) is 0 Å². The lowest BCUT2D eigenvalue weighted by molar-refractivity contribution is -0.120. The van der Waals surface area contributed by atoms with Crippen LogP contribution in [0, 0.1) is 12.3 Å². The lowest BCUT2D eigenvalue weighted by Gasteiger charge is -2.19. The van der Waals surface area contributed by atoms with Gasteiger partial charge in [-0.25, -0.2) is 4.98 Å². The SMILES string of the molecule is C/C=C(/C(=O)C(C)(C)C)c1nc(Cl)cnc1C. The molecule has 0 fully saturated rings. The molecule has 1 rings (SSSR count). The highest BCUT2D eigenvalue weighted by molar-refractivity contribution is 6.29. The van der Waals surface area contributed by atoms with Gasteiger partial charge in [-0.3, -0.25) is 9.78 Å². The van der Waals surface area contributed by atoms with Crippen LogP contribution >= 0.6 is 11.6 Å². The van der Waals surface area contributed by atoms with E-state index in [1.807, 2.05) is 34.6 Å². The average Bonchev–Trinajstić information content (AvgIpc) is 2.22. The Balaban J connectivity index is 3.30. The van der Waals surface area contributed by atoms with E-state index in [9.17, 15) is 4.79 Å². The van der Waals surface area contributed by atoms with Gasteiger partial charge in [0.05, 0.1) is 17.6 Å². The van der Waals surface area contributed by atoms with E-state index in [2.05, 4.69) is 9.97 Å². The molecule has 17 heavy (non-hydrogen) atoms. The Labute approximate surface area is 107 Å². The van der Waals surface area contributed by atoms with E-state index in [1.54, 1.807) is 6.08 Å². The van der Waals surface area contributed by atoms with Crippen molar-refractivity contribution in [2.45, 2.75) is 34.6 Å². The molecule has 0 saturated carbocycles. The van der Waals surface area contributed by atoms with Crippen LogP contribution in [0.15, 0.2) is 12.3 Å². The predicted molar refractivity (Wildman–Crippen MR) is 69.9 cm³/mol. The number of Topliss-reactive ketones (excluding diaryl/α,β-unsaturated/α-hetero) is 1. The molecule has 0 amide bonds. The lowest BCUT2D eigenvalue weighted by Crippen LogP contribution is -2.22. The number of allylic oxidation sites excluding steroid dienone is 2. The van der Waals surface area contributed by atoms with Crippen LogP contribution in [-0.2, 0) is 4.79 Å². The summed E-state index contributed by atoms with van der Waals surface area (Å²) in [7, 11) is 0. The van der Waals surface area contributed by atoms with Gasteiger partial charge in [0.2, 0.25) is 0 Å². The Kier molecular flexibility index (Phi) is 4.04. The monoisotopic (exact) mass is 252 g/mol. The minimum Gasteiger partial charge on any atom is -0.294 e. The summed E-state index contributed by atoms with van der Waals surface area (Å²) < 4.78 is 0. The second-order valence-electron chi connectivity index (χ2n) is 4.91. The molecular formula is C13H17ClN2O. The van der Waals surface area contributed by atoms with Crippen molar-refractivity contribution < 1.29 is 4.79 Å². The maximum atomic E-state index is 12.3. The van der Waals surface area contributed by atoms with Crippen LogP contribution in [0.25, 0.3) is 5.57 Å². The minimum absolute atomic E-state index is 0.0414. The zero-order valence-corrected chi connectivity index (χ0v) is 11.6. The fourth-order valence-electron chi connectivity index (χ4n) is 1.46. The number of nitrogens with zero attached hydrogens (tertiary/aromatic N) is 2. The van der Waals surface area contributed by atoms with E-state index in [4.69, 9.17) is 11.6 Å². The zero-order valence-electron chi connectivity index (χ0n) is 10.8. The van der Waals surface area contributed by atoms with Gasteiger partial charge in [0.1, 0.15) is 5.15 Å². The van der Waals surface area contributed by atoms with Crippen LogP contribution in [0.5, 0.6) is 0 Å². The molecule has 0 unspecified atom stereocenters. The third-order valence-corrected chi connectivity index (χ3v) is 2.58. The third kappa shape index (κ3) is 3.13. The quantitative estimate of drug-likeness (QED) is 0.757. The van der Waals surface area contributed by atoms with Crippen molar-refractivity contribution in [2.24, 2.45) is 5.41 Å². The van der Waals surface area contributed by atoms with Gasteiger partial charge in [-0.05, 0) is 13.8 Å². The molecular weight excluding hydrogens is 236 g/mol. The van der Waals surface area contributed by atoms with Crippen molar-refractivity contribution in [1.82, 2.24) is 9.97 Å². The van der Waals surface area contributed by atoms with Crippen molar-refractivity contribution in [3.63, 3.8) is 0 Å². The van der Waals surface area contributed by atoms with Gasteiger partial charge in [-0.15, -0.1) is 0 Å². The van der Waals surface area contributed by atoms with Crippen molar-refractivity contribution in [3.05, 3.63) is 28.8 Å². The van der Waals surface area contributed by atoms with Crippen LogP contribution in [0.1, 0.15) is 39.1 Å². The maximum absolute atomic E-state index is 12.3. The van der Waals surface area contributed by atoms with Crippen LogP contribution in [0.2, 0.25) is 5.15 Å². The van der Waals surface area contributed by atoms with Gasteiger partial charge in [0, 0.05) is 11.0 Å². The average molecular weight is 253 g/mol. The Bertz CT molecular complexity index is 473. The number of aryl methyl sites for hydroxylation is 1. The molecule has 0 atom stereocenters. The van der Waals surface area contributed by atoms with Gasteiger partial charge in [-0.1, -0.05) is 38.4 Å². The number of halogens is 1. The van der Waals surface area contributed by atoms with E-state index < -0.39 is 5.41 Å². The number of carbonyl (C=O) groups excluding carboxylic acids is 1. The maximum Gasteiger partial charge on any atom is 0.170 e. The highest BCUT2D eigenvalue weighted by atomic mass is 35.5. The molecule has 92 valence electrons. The highest BCUT2D eigenvalue weighted by Crippen LogP contribution is 2.27. The molecule has 0 N–H and O–H groups in total. The summed E-state index contributed by atoms with van der Waals surface area (Å²) in [4.78, 5) is 20.6. The molecule has 0 bridgehead atoms. The lowest BCUT2D eigenvalue weighted by atomic mass is 9.84. The van der Waals surface area contributed by atoms with Crippen LogP contribution < -0.4 is 0 Å². The number of hydrogen-bond acceptors (Lipinski definition) is 3. The van der Waals surface area contributed by atoms with Gasteiger partial charge in [0.15, 0.2) is 5.78 Å². The Morgan fingerprint density at radius 2 is 2.00 bits per heavy atom. The first-order valence-corrected chi connectivity index (χ1v) is 5.85. The molecule has 4 heteroatoms. The van der Waals surface area contributed by atoms with Crippen molar-refractivity contribution >= 4 is 23.0 Å². The fourth-order valence-corrected chi connectivity index (χ4v) is 1.60. The molecule has 0 aliphatic carbocycles. The largest absolute Gasteiger partial charge is 0.294 e. The topological polar surface area (TPSA) is 42.9 Å². The smallest absolute Gasteiger partial charge is 0.170 e. The molecule has 1 aromatic heterocycles. The number of aromatic nitrogens is 2. The van der Waals surface area contributed by atoms with Gasteiger partial charge in [-0.2, -0.15) is 0 Å². The van der Waals surface area contributed by atoms with E-state index in [1.165, 1.54) is 6.20 Å². The molecule has 3 nitrogen and oxygen atoms in total. The first-order valence-electron chi connectivity index (χ1n) is 5.48. The van der Waals surface area contributed by atoms with Crippen LogP contribution in [-0.4, -0.2) is 15.8 Å². The van der Waals surface area contributed by atoms with Crippen molar-refractivity contribution in [2.75, 3.05) is 0 Å². The van der Waals surface area contributed by atoms with Gasteiger partial charge in [0.25, 0.3) is 0 Å². The van der Waals surface area contributed by atoms with Gasteiger partial charge >= 0.3 is 0 Å². The third-order valence-electron chi connectivity index (χ3n) is 2.40. The number of carbonyl (C=O) groups is 1. The predicted octanol–water partition coefficient (Wildman–Crippen LogP) is 3.46. The summed E-state index contributed by atoms with van der Waals surface area (Å²) >= 11 is 5.82. The Hall–Kier alpha value is -1.22. The second-order valence-corrected chi connectivity index (χ2v) is 5.30. The standard InChI is InChI=1S/C13H17ClN2O/c1-6-9(12(17)13(3,4)5)11-8(2)15-7-10(14)16-11/h6-7H,1-5H3/b9-6+. The van der Waals surface area contributed by atoms with Crippen LogP contribution in [0.3, 0.4) is 0 Å². The minimum atomic E-state index is -0.446. The Morgan fingerprint density at radius 3 is 2.47 bits per heavy atom. The molecule has 1 heterocycles. The first kappa shape index (κ1) is 13.8.